The lowest BCUT2D eigenvalue weighted by Crippen LogP contribution is -2.54. The number of hydrogen-bond donors (Lipinski definition) is 3. The van der Waals surface area contributed by atoms with Gasteiger partial charge in [-0.25, -0.2) is 9.59 Å². The van der Waals surface area contributed by atoms with Gasteiger partial charge in [0.15, 0.2) is 0 Å². The summed E-state index contributed by atoms with van der Waals surface area (Å²) >= 11 is 0. The van der Waals surface area contributed by atoms with Crippen LogP contribution in [0.4, 0.5) is 4.79 Å². The van der Waals surface area contributed by atoms with Gasteiger partial charge in [-0.05, 0) is 19.8 Å². The molecule has 0 aromatic carbocycles. The fraction of sp³-hybridized carbons (Fsp3) is 0.750. The van der Waals surface area contributed by atoms with Crippen LogP contribution in [0.25, 0.3) is 0 Å². The molecule has 1 atom stereocenters. The number of ether oxygens (including phenoxy) is 2. The molecule has 0 heterocycles. The average Bonchev–Trinajstić information content (AvgIpc) is 2.35. The second-order valence-corrected chi connectivity index (χ2v) is 4.53. The van der Waals surface area contributed by atoms with E-state index in [9.17, 15) is 14.4 Å². The molecule has 0 radical (unpaired) electrons. The van der Waals surface area contributed by atoms with Crippen LogP contribution in [0.1, 0.15) is 26.2 Å². The summed E-state index contributed by atoms with van der Waals surface area (Å²) in [5.74, 6) is -1.98. The van der Waals surface area contributed by atoms with Gasteiger partial charge in [0.2, 0.25) is 0 Å². The van der Waals surface area contributed by atoms with Crippen molar-refractivity contribution in [3.05, 3.63) is 0 Å². The lowest BCUT2D eigenvalue weighted by Gasteiger charge is -2.35. The van der Waals surface area contributed by atoms with Crippen LogP contribution < -0.4 is 10.6 Å². The van der Waals surface area contributed by atoms with Crippen molar-refractivity contribution in [1.29, 1.82) is 0 Å². The fourth-order valence-electron chi connectivity index (χ4n) is 1.89. The van der Waals surface area contributed by atoms with Crippen LogP contribution in [0.2, 0.25) is 0 Å². The minimum Gasteiger partial charge on any atom is -0.480 e. The van der Waals surface area contributed by atoms with Crippen molar-refractivity contribution < 1.29 is 29.0 Å². The van der Waals surface area contributed by atoms with Crippen LogP contribution in [0.15, 0.2) is 0 Å². The number of esters is 1. The highest BCUT2D eigenvalue weighted by atomic mass is 16.5. The average molecular weight is 288 g/mol. The van der Waals surface area contributed by atoms with E-state index in [1.165, 1.54) is 0 Å². The number of rotatable bonds is 7. The summed E-state index contributed by atoms with van der Waals surface area (Å²) in [4.78, 5) is 33.6. The predicted octanol–water partition coefficient (Wildman–Crippen LogP) is -0.131. The molecule has 0 saturated heterocycles. The molecule has 114 valence electrons. The van der Waals surface area contributed by atoms with Crippen LogP contribution in [-0.4, -0.2) is 55.0 Å². The summed E-state index contributed by atoms with van der Waals surface area (Å²) in [5, 5.41) is 13.8. The Hall–Kier alpha value is -1.83. The summed E-state index contributed by atoms with van der Waals surface area (Å²) in [6, 6.07) is -1.94. The third-order valence-corrected chi connectivity index (χ3v) is 3.03. The lowest BCUT2D eigenvalue weighted by molar-refractivity contribution is -0.147. The largest absolute Gasteiger partial charge is 0.480 e. The molecule has 8 nitrogen and oxygen atoms in total. The summed E-state index contributed by atoms with van der Waals surface area (Å²) in [5.41, 5.74) is 0. The molecular weight excluding hydrogens is 268 g/mol. The molecule has 0 aliphatic heterocycles. The topological polar surface area (TPSA) is 114 Å². The third kappa shape index (κ3) is 5.04. The number of methoxy groups -OCH3 is 1. The number of carboxylic acids is 1. The number of carboxylic acid groups (broad SMARTS) is 1. The fourth-order valence-corrected chi connectivity index (χ4v) is 1.89. The second-order valence-electron chi connectivity index (χ2n) is 4.53. The first kappa shape index (κ1) is 16.2. The van der Waals surface area contributed by atoms with Crippen molar-refractivity contribution in [3.8, 4) is 0 Å². The van der Waals surface area contributed by atoms with E-state index in [0.717, 1.165) is 7.11 Å². The molecule has 20 heavy (non-hydrogen) atoms. The van der Waals surface area contributed by atoms with Gasteiger partial charge in [-0.1, -0.05) is 0 Å². The van der Waals surface area contributed by atoms with E-state index in [2.05, 4.69) is 15.4 Å². The van der Waals surface area contributed by atoms with Crippen LogP contribution in [-0.2, 0) is 19.1 Å². The first-order chi connectivity index (χ1) is 9.46. The van der Waals surface area contributed by atoms with Gasteiger partial charge in [0, 0.05) is 12.6 Å². The number of aliphatic carboxylic acids is 1. The van der Waals surface area contributed by atoms with Gasteiger partial charge in [0.05, 0.1) is 19.6 Å². The monoisotopic (exact) mass is 288 g/mol. The first-order valence-electron chi connectivity index (χ1n) is 6.44. The highest BCUT2D eigenvalue weighted by Gasteiger charge is 2.32. The molecule has 8 heteroatoms. The normalized spacial score (nSPS) is 22.3. The molecule has 1 saturated carbocycles. The molecule has 0 spiro atoms. The molecule has 0 bridgehead atoms. The third-order valence-electron chi connectivity index (χ3n) is 3.03. The maximum absolute atomic E-state index is 11.6. The van der Waals surface area contributed by atoms with Gasteiger partial charge in [0.25, 0.3) is 0 Å². The number of hydrogen-bond acceptors (Lipinski definition) is 5. The van der Waals surface area contributed by atoms with E-state index >= 15 is 0 Å². The van der Waals surface area contributed by atoms with Gasteiger partial charge in [-0.2, -0.15) is 0 Å². The number of carbonyl (C=O) groups excluding carboxylic acids is 2. The number of amides is 2. The molecule has 1 fully saturated rings. The molecule has 1 aliphatic carbocycles. The first-order valence-corrected chi connectivity index (χ1v) is 6.44. The van der Waals surface area contributed by atoms with E-state index in [-0.39, 0.29) is 12.1 Å². The van der Waals surface area contributed by atoms with E-state index in [1.807, 2.05) is 6.92 Å². The number of carbonyl (C=O) groups is 3. The van der Waals surface area contributed by atoms with Gasteiger partial charge >= 0.3 is 18.0 Å². The van der Waals surface area contributed by atoms with E-state index in [0.29, 0.717) is 19.4 Å². The summed E-state index contributed by atoms with van der Waals surface area (Å²) in [6.45, 7) is 2.53. The quantitative estimate of drug-likeness (QED) is 0.562. The van der Waals surface area contributed by atoms with Crippen LogP contribution >= 0.6 is 0 Å². The Bertz CT molecular complexity index is 367. The van der Waals surface area contributed by atoms with Crippen LogP contribution in [0.3, 0.4) is 0 Å². The van der Waals surface area contributed by atoms with Gasteiger partial charge in [-0.15, -0.1) is 0 Å². The highest BCUT2D eigenvalue weighted by molar-refractivity contribution is 5.86. The minimum atomic E-state index is -1.30. The maximum Gasteiger partial charge on any atom is 0.326 e. The zero-order chi connectivity index (χ0) is 15.1. The zero-order valence-electron chi connectivity index (χ0n) is 11.5. The SMILES string of the molecule is CCOC1CC(NC(=O)N[C@@H](CC(=O)OC)C(=O)O)C1. The highest BCUT2D eigenvalue weighted by Crippen LogP contribution is 2.22. The minimum absolute atomic E-state index is 0.0286. The Morgan fingerprint density at radius 2 is 2.00 bits per heavy atom. The van der Waals surface area contributed by atoms with Crippen LogP contribution in [0.5, 0.6) is 0 Å². The molecule has 3 N–H and O–H groups in total. The van der Waals surface area contributed by atoms with Crippen molar-refractivity contribution in [2.75, 3.05) is 13.7 Å². The molecular formula is C12H20N2O6. The standard InChI is InChI=1S/C12H20N2O6/c1-3-20-8-4-7(5-8)13-12(18)14-9(11(16)17)6-10(15)19-2/h7-9H,3-6H2,1-2H3,(H,16,17)(H2,13,14,18)/t7?,8?,9-/m0/s1. The van der Waals surface area contributed by atoms with Crippen molar-refractivity contribution in [3.63, 3.8) is 0 Å². The second kappa shape index (κ2) is 7.68. The predicted molar refractivity (Wildman–Crippen MR) is 68.2 cm³/mol. The van der Waals surface area contributed by atoms with Crippen molar-refractivity contribution in [2.24, 2.45) is 0 Å². The molecule has 0 aromatic heterocycles. The molecule has 0 aromatic rings. The summed E-state index contributed by atoms with van der Waals surface area (Å²) < 4.78 is 9.73. The van der Waals surface area contributed by atoms with E-state index in [1.54, 1.807) is 0 Å². The molecule has 1 rings (SSSR count). The molecule has 1 aliphatic rings. The Labute approximate surface area is 116 Å². The summed E-state index contributed by atoms with van der Waals surface area (Å²) in [7, 11) is 1.16. The smallest absolute Gasteiger partial charge is 0.326 e. The Balaban J connectivity index is 2.32. The Morgan fingerprint density at radius 3 is 2.50 bits per heavy atom. The number of urea groups is 1. The number of nitrogens with one attached hydrogen (secondary N) is 2. The van der Waals surface area contributed by atoms with Crippen molar-refractivity contribution >= 4 is 18.0 Å². The Morgan fingerprint density at radius 1 is 1.35 bits per heavy atom. The Kier molecular flexibility index (Phi) is 6.23. The van der Waals surface area contributed by atoms with Gasteiger partial charge < -0.3 is 25.2 Å². The van der Waals surface area contributed by atoms with E-state index in [4.69, 9.17) is 9.84 Å². The maximum atomic E-state index is 11.6. The molecule has 0 unspecified atom stereocenters. The lowest BCUT2D eigenvalue weighted by atomic mass is 9.89. The van der Waals surface area contributed by atoms with E-state index < -0.39 is 30.4 Å². The van der Waals surface area contributed by atoms with Gasteiger partial charge in [0.1, 0.15) is 6.04 Å². The van der Waals surface area contributed by atoms with Crippen molar-refractivity contribution in [1.82, 2.24) is 10.6 Å². The zero-order valence-corrected chi connectivity index (χ0v) is 11.5. The molecule has 2 amide bonds. The van der Waals surface area contributed by atoms with Crippen molar-refractivity contribution in [2.45, 2.75) is 44.4 Å². The van der Waals surface area contributed by atoms with Crippen LogP contribution in [0, 0.1) is 0 Å². The van der Waals surface area contributed by atoms with Gasteiger partial charge in [-0.3, -0.25) is 4.79 Å². The summed E-state index contributed by atoms with van der Waals surface area (Å²) in [6.07, 6.45) is 1.15.